The molecule has 0 spiro atoms. The van der Waals surface area contributed by atoms with E-state index in [2.05, 4.69) is 22.8 Å². The van der Waals surface area contributed by atoms with Crippen molar-refractivity contribution in [3.8, 4) is 0 Å². The Hall–Kier alpha value is -0.870. The van der Waals surface area contributed by atoms with Crippen molar-refractivity contribution in [2.24, 2.45) is 11.7 Å². The molecule has 0 aliphatic heterocycles. The predicted molar refractivity (Wildman–Crippen MR) is 70.8 cm³/mol. The summed E-state index contributed by atoms with van der Waals surface area (Å²) in [6.45, 7) is 0.689. The zero-order valence-electron chi connectivity index (χ0n) is 10.0. The molecule has 0 radical (unpaired) electrons. The van der Waals surface area contributed by atoms with Crippen LogP contribution in [0.15, 0.2) is 17.5 Å². The highest BCUT2D eigenvalue weighted by atomic mass is 32.1. The van der Waals surface area contributed by atoms with Crippen LogP contribution in [-0.2, 0) is 4.79 Å². The number of carbonyl (C=O) groups excluding carboxylic acids is 1. The molecule has 1 saturated carbocycles. The number of amides is 1. The lowest BCUT2D eigenvalue weighted by Crippen LogP contribution is -2.29. The van der Waals surface area contributed by atoms with E-state index in [1.807, 2.05) is 0 Å². The molecule has 1 fully saturated rings. The minimum atomic E-state index is -0.228. The molecule has 1 aromatic rings. The zero-order chi connectivity index (χ0) is 12.1. The highest BCUT2D eigenvalue weighted by Crippen LogP contribution is 2.37. The van der Waals surface area contributed by atoms with Crippen molar-refractivity contribution in [3.05, 3.63) is 22.4 Å². The summed E-state index contributed by atoms with van der Waals surface area (Å²) in [4.78, 5) is 12.2. The van der Waals surface area contributed by atoms with Gasteiger partial charge in [-0.1, -0.05) is 18.9 Å². The molecule has 3 N–H and O–H groups in total. The van der Waals surface area contributed by atoms with Crippen LogP contribution in [0.1, 0.15) is 43.0 Å². The zero-order valence-corrected chi connectivity index (χ0v) is 10.8. The lowest BCUT2D eigenvalue weighted by molar-refractivity contribution is -0.117. The van der Waals surface area contributed by atoms with E-state index >= 15 is 0 Å². The van der Waals surface area contributed by atoms with Crippen molar-refractivity contribution >= 4 is 17.2 Å². The third kappa shape index (κ3) is 3.54. The quantitative estimate of drug-likeness (QED) is 0.817. The molecule has 1 aliphatic carbocycles. The molecule has 2 rings (SSSR count). The van der Waals surface area contributed by atoms with Gasteiger partial charge in [0, 0.05) is 23.9 Å². The fourth-order valence-corrected chi connectivity index (χ4v) is 3.50. The summed E-state index contributed by atoms with van der Waals surface area (Å²) in [7, 11) is 0. The van der Waals surface area contributed by atoms with Gasteiger partial charge >= 0.3 is 0 Å². The van der Waals surface area contributed by atoms with E-state index in [9.17, 15) is 4.79 Å². The highest BCUT2D eigenvalue weighted by Gasteiger charge is 2.26. The maximum atomic E-state index is 10.8. The molecule has 0 saturated heterocycles. The van der Waals surface area contributed by atoms with Crippen LogP contribution in [-0.4, -0.2) is 12.5 Å². The Morgan fingerprint density at radius 1 is 1.53 bits per heavy atom. The minimum absolute atomic E-state index is 0.228. The average Bonchev–Trinajstić information content (AvgIpc) is 2.97. The molecule has 0 bridgehead atoms. The van der Waals surface area contributed by atoms with Gasteiger partial charge in [-0.05, 0) is 30.2 Å². The van der Waals surface area contributed by atoms with Crippen LogP contribution in [0.4, 0.5) is 0 Å². The fraction of sp³-hybridized carbons (Fsp3) is 0.615. The number of rotatable bonds is 6. The summed E-state index contributed by atoms with van der Waals surface area (Å²) in [5.74, 6) is 0.496. The molecule has 1 unspecified atom stereocenters. The Labute approximate surface area is 106 Å². The Bertz CT molecular complexity index is 344. The van der Waals surface area contributed by atoms with Gasteiger partial charge in [0.05, 0.1) is 0 Å². The van der Waals surface area contributed by atoms with Gasteiger partial charge in [0.15, 0.2) is 0 Å². The topological polar surface area (TPSA) is 55.1 Å². The predicted octanol–water partition coefficient (Wildman–Crippen LogP) is 2.44. The molecule has 4 heteroatoms. The minimum Gasteiger partial charge on any atom is -0.370 e. The van der Waals surface area contributed by atoms with E-state index in [4.69, 9.17) is 5.73 Å². The molecule has 17 heavy (non-hydrogen) atoms. The second-order valence-corrected chi connectivity index (χ2v) is 5.69. The first-order valence-electron chi connectivity index (χ1n) is 6.32. The Morgan fingerprint density at radius 2 is 2.29 bits per heavy atom. The summed E-state index contributed by atoms with van der Waals surface area (Å²) in [6.07, 6.45) is 5.70. The highest BCUT2D eigenvalue weighted by molar-refractivity contribution is 7.10. The summed E-state index contributed by atoms with van der Waals surface area (Å²) in [5, 5.41) is 5.62. The SMILES string of the molecule is NC(=O)CCNC(c1cccs1)C1CCCC1. The second-order valence-electron chi connectivity index (χ2n) is 4.71. The lowest BCUT2D eigenvalue weighted by atomic mass is 9.96. The van der Waals surface area contributed by atoms with Crippen LogP contribution < -0.4 is 11.1 Å². The van der Waals surface area contributed by atoms with Gasteiger partial charge in [0.25, 0.3) is 0 Å². The van der Waals surface area contributed by atoms with Gasteiger partial charge in [0.1, 0.15) is 0 Å². The number of hydrogen-bond donors (Lipinski definition) is 2. The first-order chi connectivity index (χ1) is 8.27. The van der Waals surface area contributed by atoms with E-state index in [0.717, 1.165) is 5.92 Å². The first kappa shape index (κ1) is 12.6. The number of thiophene rings is 1. The number of nitrogens with two attached hydrogens (primary N) is 1. The molecule has 0 aromatic carbocycles. The number of primary amides is 1. The van der Waals surface area contributed by atoms with Crippen molar-refractivity contribution in [1.29, 1.82) is 0 Å². The lowest BCUT2D eigenvalue weighted by Gasteiger charge is -2.23. The van der Waals surface area contributed by atoms with Gasteiger partial charge in [0.2, 0.25) is 5.91 Å². The third-order valence-corrected chi connectivity index (χ3v) is 4.41. The monoisotopic (exact) mass is 252 g/mol. The summed E-state index contributed by atoms with van der Waals surface area (Å²) >= 11 is 1.80. The van der Waals surface area contributed by atoms with Crippen LogP contribution in [0.5, 0.6) is 0 Å². The molecule has 1 heterocycles. The van der Waals surface area contributed by atoms with E-state index in [1.54, 1.807) is 11.3 Å². The van der Waals surface area contributed by atoms with Crippen LogP contribution in [0, 0.1) is 5.92 Å². The van der Waals surface area contributed by atoms with Gasteiger partial charge in [-0.15, -0.1) is 11.3 Å². The summed E-state index contributed by atoms with van der Waals surface area (Å²) < 4.78 is 0. The maximum Gasteiger partial charge on any atom is 0.218 e. The van der Waals surface area contributed by atoms with E-state index in [-0.39, 0.29) is 5.91 Å². The Balaban J connectivity index is 1.95. The Morgan fingerprint density at radius 3 is 2.88 bits per heavy atom. The van der Waals surface area contributed by atoms with Crippen molar-refractivity contribution in [1.82, 2.24) is 5.32 Å². The number of nitrogens with one attached hydrogen (secondary N) is 1. The smallest absolute Gasteiger partial charge is 0.218 e. The molecule has 1 amide bonds. The van der Waals surface area contributed by atoms with Crippen LogP contribution in [0.25, 0.3) is 0 Å². The largest absolute Gasteiger partial charge is 0.370 e. The standard InChI is InChI=1S/C13H20N2OS/c14-12(16)7-8-15-13(10-4-1-2-5-10)11-6-3-9-17-11/h3,6,9-10,13,15H,1-2,4-5,7-8H2,(H2,14,16). The fourth-order valence-electron chi connectivity index (χ4n) is 2.61. The van der Waals surface area contributed by atoms with Crippen LogP contribution >= 0.6 is 11.3 Å². The van der Waals surface area contributed by atoms with Gasteiger partial charge in [-0.25, -0.2) is 0 Å². The normalized spacial score (nSPS) is 18.4. The molecule has 3 nitrogen and oxygen atoms in total. The number of hydrogen-bond acceptors (Lipinski definition) is 3. The van der Waals surface area contributed by atoms with Crippen LogP contribution in [0.2, 0.25) is 0 Å². The molecule has 1 aromatic heterocycles. The van der Waals surface area contributed by atoms with Gasteiger partial charge in [-0.2, -0.15) is 0 Å². The molecular weight excluding hydrogens is 232 g/mol. The third-order valence-electron chi connectivity index (χ3n) is 3.46. The average molecular weight is 252 g/mol. The maximum absolute atomic E-state index is 10.8. The van der Waals surface area contributed by atoms with Gasteiger partial charge < -0.3 is 11.1 Å². The molecule has 1 atom stereocenters. The molecular formula is C13H20N2OS. The first-order valence-corrected chi connectivity index (χ1v) is 7.20. The van der Waals surface area contributed by atoms with Gasteiger partial charge in [-0.3, -0.25) is 4.79 Å². The van der Waals surface area contributed by atoms with Crippen LogP contribution in [0.3, 0.4) is 0 Å². The summed E-state index contributed by atoms with van der Waals surface area (Å²) in [6, 6.07) is 4.69. The number of carbonyl (C=O) groups is 1. The summed E-state index contributed by atoms with van der Waals surface area (Å²) in [5.41, 5.74) is 5.17. The van der Waals surface area contributed by atoms with E-state index in [0.29, 0.717) is 19.0 Å². The van der Waals surface area contributed by atoms with Crippen molar-refractivity contribution < 1.29 is 4.79 Å². The molecule has 1 aliphatic rings. The van der Waals surface area contributed by atoms with Crippen molar-refractivity contribution in [3.63, 3.8) is 0 Å². The van der Waals surface area contributed by atoms with E-state index < -0.39 is 0 Å². The van der Waals surface area contributed by atoms with Crippen molar-refractivity contribution in [2.45, 2.75) is 38.1 Å². The Kier molecular flexibility index (Phi) is 4.57. The van der Waals surface area contributed by atoms with E-state index in [1.165, 1.54) is 30.6 Å². The second kappa shape index (κ2) is 6.17. The molecule has 94 valence electrons. The van der Waals surface area contributed by atoms with Crippen molar-refractivity contribution in [2.75, 3.05) is 6.54 Å².